The molecule has 7 nitrogen and oxygen atoms in total. The number of nitrogens with zero attached hydrogens (tertiary/aromatic N) is 3. The lowest BCUT2D eigenvalue weighted by Crippen LogP contribution is -2.37. The van der Waals surface area contributed by atoms with Crippen molar-refractivity contribution in [2.75, 3.05) is 31.0 Å². The number of aromatic nitrogens is 2. The molecular formula is C10H19N5O2. The van der Waals surface area contributed by atoms with Gasteiger partial charge in [-0.3, -0.25) is 0 Å². The van der Waals surface area contributed by atoms with Gasteiger partial charge in [0.25, 0.3) is 0 Å². The van der Waals surface area contributed by atoms with Gasteiger partial charge in [0.2, 0.25) is 5.75 Å². The molecule has 0 amide bonds. The van der Waals surface area contributed by atoms with Gasteiger partial charge in [0.15, 0.2) is 11.6 Å². The van der Waals surface area contributed by atoms with Crippen molar-refractivity contribution in [3.63, 3.8) is 0 Å². The molecular weight excluding hydrogens is 222 g/mol. The van der Waals surface area contributed by atoms with Gasteiger partial charge in [-0.05, 0) is 13.8 Å². The first-order valence-corrected chi connectivity index (χ1v) is 5.18. The number of hydrogen-bond acceptors (Lipinski definition) is 7. The summed E-state index contributed by atoms with van der Waals surface area (Å²) in [6.45, 7) is 3.85. The Morgan fingerprint density at radius 2 is 2.18 bits per heavy atom. The maximum absolute atomic E-state index is 9.77. The number of likely N-dealkylation sites (N-methyl/N-ethyl adjacent to an activating group) is 1. The summed E-state index contributed by atoms with van der Waals surface area (Å²) < 4.78 is 5.21. The fourth-order valence-corrected chi connectivity index (χ4v) is 1.58. The maximum atomic E-state index is 9.77. The molecule has 0 atom stereocenters. The van der Waals surface area contributed by atoms with E-state index in [9.17, 15) is 5.11 Å². The van der Waals surface area contributed by atoms with Crippen molar-refractivity contribution in [1.29, 1.82) is 0 Å². The van der Waals surface area contributed by atoms with Crippen LogP contribution in [0.1, 0.15) is 13.8 Å². The van der Waals surface area contributed by atoms with Crippen molar-refractivity contribution in [2.45, 2.75) is 19.4 Å². The number of aliphatic hydroxyl groups is 1. The molecule has 0 spiro atoms. The second kappa shape index (κ2) is 5.15. The van der Waals surface area contributed by atoms with Gasteiger partial charge in [-0.15, -0.1) is 0 Å². The lowest BCUT2D eigenvalue weighted by Gasteiger charge is -2.27. The fraction of sp³-hybridized carbons (Fsp3) is 0.600. The van der Waals surface area contributed by atoms with Crippen molar-refractivity contribution in [3.05, 3.63) is 6.33 Å². The zero-order chi connectivity index (χ0) is 13.1. The van der Waals surface area contributed by atoms with Crippen LogP contribution in [0.25, 0.3) is 0 Å². The quantitative estimate of drug-likeness (QED) is 0.492. The summed E-state index contributed by atoms with van der Waals surface area (Å²) in [5, 5.41) is 9.77. The standard InChI is InChI=1S/C10H19N5O2/c1-10(2,16)5-15(3)9-7(17-4)8(14-11)12-6-13-9/h6,16H,5,11H2,1-4H3,(H,12,13,14). The normalized spacial score (nSPS) is 11.2. The summed E-state index contributed by atoms with van der Waals surface area (Å²) in [5.74, 6) is 6.75. The second-order valence-electron chi connectivity index (χ2n) is 4.39. The van der Waals surface area contributed by atoms with Gasteiger partial charge in [0.05, 0.1) is 12.7 Å². The molecule has 0 aliphatic carbocycles. The van der Waals surface area contributed by atoms with Crippen LogP contribution < -0.4 is 20.9 Å². The minimum absolute atomic E-state index is 0.403. The van der Waals surface area contributed by atoms with Crippen molar-refractivity contribution in [2.24, 2.45) is 5.84 Å². The van der Waals surface area contributed by atoms with Crippen LogP contribution in [0.5, 0.6) is 5.75 Å². The number of hydrazine groups is 1. The Kier molecular flexibility index (Phi) is 4.08. The Bertz CT molecular complexity index is 377. The Morgan fingerprint density at radius 3 is 2.65 bits per heavy atom. The van der Waals surface area contributed by atoms with Crippen molar-refractivity contribution in [3.8, 4) is 5.75 Å². The average Bonchev–Trinajstić information content (AvgIpc) is 2.25. The van der Waals surface area contributed by atoms with Gasteiger partial charge in [-0.1, -0.05) is 0 Å². The smallest absolute Gasteiger partial charge is 0.205 e. The third-order valence-electron chi connectivity index (χ3n) is 2.11. The number of hydrogen-bond donors (Lipinski definition) is 3. The molecule has 4 N–H and O–H groups in total. The fourth-order valence-electron chi connectivity index (χ4n) is 1.58. The number of anilines is 2. The summed E-state index contributed by atoms with van der Waals surface area (Å²) in [6.07, 6.45) is 1.38. The van der Waals surface area contributed by atoms with E-state index < -0.39 is 5.60 Å². The minimum atomic E-state index is -0.832. The van der Waals surface area contributed by atoms with Crippen LogP contribution in [0.3, 0.4) is 0 Å². The lowest BCUT2D eigenvalue weighted by atomic mass is 10.1. The summed E-state index contributed by atoms with van der Waals surface area (Å²) in [6, 6.07) is 0. The van der Waals surface area contributed by atoms with E-state index in [1.807, 2.05) is 7.05 Å². The highest BCUT2D eigenvalue weighted by Gasteiger charge is 2.21. The van der Waals surface area contributed by atoms with Gasteiger partial charge in [-0.25, -0.2) is 15.8 Å². The molecule has 1 rings (SSSR count). The van der Waals surface area contributed by atoms with E-state index in [4.69, 9.17) is 10.6 Å². The number of rotatable bonds is 5. The van der Waals surface area contributed by atoms with Gasteiger partial charge in [0.1, 0.15) is 6.33 Å². The van der Waals surface area contributed by atoms with Gasteiger partial charge < -0.3 is 20.2 Å². The van der Waals surface area contributed by atoms with Gasteiger partial charge in [-0.2, -0.15) is 0 Å². The second-order valence-corrected chi connectivity index (χ2v) is 4.39. The van der Waals surface area contributed by atoms with E-state index >= 15 is 0 Å². The first-order chi connectivity index (χ1) is 7.89. The van der Waals surface area contributed by atoms with E-state index in [0.29, 0.717) is 23.9 Å². The molecule has 0 aliphatic rings. The molecule has 0 radical (unpaired) electrons. The predicted octanol–water partition coefficient (Wildman–Crippen LogP) is -0.0221. The Labute approximate surface area is 101 Å². The number of nitrogen functional groups attached to an aromatic ring is 1. The molecule has 17 heavy (non-hydrogen) atoms. The molecule has 0 fully saturated rings. The highest BCUT2D eigenvalue weighted by molar-refractivity contribution is 5.64. The monoisotopic (exact) mass is 241 g/mol. The molecule has 1 aromatic heterocycles. The van der Waals surface area contributed by atoms with Crippen LogP contribution in [0, 0.1) is 0 Å². The first-order valence-electron chi connectivity index (χ1n) is 5.18. The molecule has 96 valence electrons. The number of nitrogens with one attached hydrogen (secondary N) is 1. The number of methoxy groups -OCH3 is 1. The van der Waals surface area contributed by atoms with E-state index in [-0.39, 0.29) is 0 Å². The van der Waals surface area contributed by atoms with Crippen LogP contribution in [0.4, 0.5) is 11.6 Å². The Morgan fingerprint density at radius 1 is 1.53 bits per heavy atom. The van der Waals surface area contributed by atoms with Crippen molar-refractivity contribution < 1.29 is 9.84 Å². The molecule has 0 aromatic carbocycles. The van der Waals surface area contributed by atoms with Crippen molar-refractivity contribution >= 4 is 11.6 Å². The lowest BCUT2D eigenvalue weighted by molar-refractivity contribution is 0.0883. The largest absolute Gasteiger partial charge is 0.490 e. The van der Waals surface area contributed by atoms with E-state index in [1.54, 1.807) is 18.7 Å². The summed E-state index contributed by atoms with van der Waals surface area (Å²) >= 11 is 0. The van der Waals surface area contributed by atoms with Gasteiger partial charge in [0, 0.05) is 13.6 Å². The van der Waals surface area contributed by atoms with Crippen LogP contribution in [0.2, 0.25) is 0 Å². The Hall–Kier alpha value is -1.60. The van der Waals surface area contributed by atoms with Crippen LogP contribution in [0.15, 0.2) is 6.33 Å². The maximum Gasteiger partial charge on any atom is 0.205 e. The van der Waals surface area contributed by atoms with Crippen molar-refractivity contribution in [1.82, 2.24) is 9.97 Å². The number of nitrogens with two attached hydrogens (primary N) is 1. The average molecular weight is 241 g/mol. The molecule has 0 aliphatic heterocycles. The highest BCUT2D eigenvalue weighted by Crippen LogP contribution is 2.31. The third kappa shape index (κ3) is 3.43. The summed E-state index contributed by atoms with van der Waals surface area (Å²) in [5.41, 5.74) is 1.61. The summed E-state index contributed by atoms with van der Waals surface area (Å²) in [7, 11) is 3.32. The zero-order valence-corrected chi connectivity index (χ0v) is 10.6. The molecule has 0 bridgehead atoms. The Balaban J connectivity index is 3.04. The number of ether oxygens (including phenoxy) is 1. The highest BCUT2D eigenvalue weighted by atomic mass is 16.5. The molecule has 7 heteroatoms. The van der Waals surface area contributed by atoms with Crippen LogP contribution in [-0.2, 0) is 0 Å². The minimum Gasteiger partial charge on any atom is -0.490 e. The third-order valence-corrected chi connectivity index (χ3v) is 2.11. The molecule has 1 aromatic rings. The molecule has 1 heterocycles. The first kappa shape index (κ1) is 13.5. The van der Waals surface area contributed by atoms with Crippen LogP contribution in [-0.4, -0.2) is 41.4 Å². The molecule has 0 unspecified atom stereocenters. The van der Waals surface area contributed by atoms with E-state index in [2.05, 4.69) is 15.4 Å². The van der Waals surface area contributed by atoms with E-state index in [1.165, 1.54) is 13.4 Å². The molecule has 0 saturated carbocycles. The topological polar surface area (TPSA) is 96.5 Å². The van der Waals surface area contributed by atoms with Crippen LogP contribution >= 0.6 is 0 Å². The van der Waals surface area contributed by atoms with E-state index in [0.717, 1.165) is 0 Å². The zero-order valence-electron chi connectivity index (χ0n) is 10.6. The summed E-state index contributed by atoms with van der Waals surface area (Å²) in [4.78, 5) is 9.85. The SMILES string of the molecule is COc1c(NN)ncnc1N(C)CC(C)(C)O. The predicted molar refractivity (Wildman–Crippen MR) is 66.0 cm³/mol. The molecule has 0 saturated heterocycles. The van der Waals surface area contributed by atoms with Gasteiger partial charge >= 0.3 is 0 Å².